The lowest BCUT2D eigenvalue weighted by Crippen LogP contribution is -2.25. The first kappa shape index (κ1) is 17.3. The molecule has 0 aromatic heterocycles. The van der Waals surface area contributed by atoms with Crippen LogP contribution in [0.3, 0.4) is 0 Å². The summed E-state index contributed by atoms with van der Waals surface area (Å²) < 4.78 is 18.8. The van der Waals surface area contributed by atoms with E-state index in [9.17, 15) is 14.4 Å². The molecule has 1 saturated heterocycles. The largest absolute Gasteiger partial charge is 0.790 e. The van der Waals surface area contributed by atoms with Crippen molar-refractivity contribution in [1.29, 1.82) is 0 Å². The molecule has 0 amide bonds. The molecule has 0 spiro atoms. The first-order valence-corrected chi connectivity index (χ1v) is 5.03. The molecule has 3 unspecified atom stereocenters. The molecule has 1 aliphatic rings. The van der Waals surface area contributed by atoms with Crippen molar-refractivity contribution in [2.24, 2.45) is 0 Å². The molecule has 15 heavy (non-hydrogen) atoms. The van der Waals surface area contributed by atoms with E-state index in [0.717, 1.165) is 0 Å². The molecule has 3 atom stereocenters. The number of hydrogen-bond donors (Lipinski definition) is 4. The molecule has 9 nitrogen and oxygen atoms in total. The number of rotatable bonds is 3. The van der Waals surface area contributed by atoms with E-state index < -0.39 is 32.9 Å². The van der Waals surface area contributed by atoms with Gasteiger partial charge in [0.1, 0.15) is 6.10 Å². The van der Waals surface area contributed by atoms with Crippen molar-refractivity contribution >= 4 is 7.82 Å². The van der Waals surface area contributed by atoms with Crippen LogP contribution in [0.5, 0.6) is 0 Å². The zero-order valence-corrected chi connectivity index (χ0v) is 9.42. The third-order valence-electron chi connectivity index (χ3n) is 1.62. The van der Waals surface area contributed by atoms with Gasteiger partial charge in [-0.25, -0.2) is 0 Å². The van der Waals surface area contributed by atoms with Gasteiger partial charge in [0.05, 0.1) is 20.5 Å². The average molecular weight is 248 g/mol. The summed E-state index contributed by atoms with van der Waals surface area (Å²) in [5.41, 5.74) is 0. The molecule has 1 fully saturated rings. The third kappa shape index (κ3) is 5.52. The minimum atomic E-state index is -5.10. The van der Waals surface area contributed by atoms with Gasteiger partial charge >= 0.3 is 0 Å². The van der Waals surface area contributed by atoms with Crippen LogP contribution in [0.1, 0.15) is 6.42 Å². The fraction of sp³-hybridized carbons (Fsp3) is 1.00. The van der Waals surface area contributed by atoms with Crippen molar-refractivity contribution in [3.63, 3.8) is 0 Å². The van der Waals surface area contributed by atoms with Gasteiger partial charge in [-0.2, -0.15) is 0 Å². The van der Waals surface area contributed by atoms with Crippen LogP contribution in [-0.4, -0.2) is 35.3 Å². The van der Waals surface area contributed by atoms with Crippen LogP contribution in [0, 0.1) is 0 Å². The number of phosphoric acid groups is 1. The van der Waals surface area contributed by atoms with E-state index in [2.05, 4.69) is 4.52 Å². The predicted octanol–water partition coefficient (Wildman–Crippen LogP) is -1.95. The maximum Gasteiger partial charge on any atom is 0.165 e. The zero-order valence-electron chi connectivity index (χ0n) is 8.53. The second-order valence-corrected chi connectivity index (χ2v) is 3.75. The Bertz CT molecular complexity index is 221. The lowest BCUT2D eigenvalue weighted by atomic mass is 10.2. The summed E-state index contributed by atoms with van der Waals surface area (Å²) in [5, 5.41) is 17.7. The Balaban J connectivity index is 0. The third-order valence-corrected chi connectivity index (χ3v) is 2.11. The Labute approximate surface area is 86.4 Å². The molecular weight excluding hydrogens is 231 g/mol. The Morgan fingerprint density at radius 3 is 2.33 bits per heavy atom. The zero-order chi connectivity index (χ0) is 10.1. The number of hydrogen-bond acceptors (Lipinski definition) is 7. The van der Waals surface area contributed by atoms with Crippen LogP contribution in [-0.2, 0) is 13.8 Å². The summed E-state index contributed by atoms with van der Waals surface area (Å²) in [7, 11) is -5.10. The number of quaternary nitrogens is 2. The van der Waals surface area contributed by atoms with Crippen LogP contribution in [0.25, 0.3) is 0 Å². The molecule has 0 aliphatic carbocycles. The highest BCUT2D eigenvalue weighted by Crippen LogP contribution is 2.33. The molecule has 0 aromatic rings. The lowest BCUT2D eigenvalue weighted by molar-refractivity contribution is -0.352. The van der Waals surface area contributed by atoms with Gasteiger partial charge in [0.2, 0.25) is 0 Å². The Hall–Kier alpha value is -0.0900. The minimum absolute atomic E-state index is 0. The van der Waals surface area contributed by atoms with Gasteiger partial charge in [0, 0.05) is 6.42 Å². The van der Waals surface area contributed by atoms with Crippen molar-refractivity contribution in [1.82, 2.24) is 12.3 Å². The van der Waals surface area contributed by atoms with Crippen molar-refractivity contribution in [2.75, 3.05) is 6.61 Å². The van der Waals surface area contributed by atoms with Crippen molar-refractivity contribution < 1.29 is 33.8 Å². The van der Waals surface area contributed by atoms with Crippen LogP contribution < -0.4 is 22.1 Å². The topological polar surface area (TPSA) is 195 Å². The van der Waals surface area contributed by atoms with E-state index >= 15 is 0 Å². The van der Waals surface area contributed by atoms with Gasteiger partial charge in [-0.1, -0.05) is 0 Å². The summed E-state index contributed by atoms with van der Waals surface area (Å²) in [6.45, 7) is -0.455. The molecule has 1 rings (SSSR count). The molecule has 0 radical (unpaired) electrons. The summed E-state index contributed by atoms with van der Waals surface area (Å²) in [6, 6.07) is 0. The first-order valence-electron chi connectivity index (χ1n) is 3.57. The van der Waals surface area contributed by atoms with E-state index in [1.54, 1.807) is 0 Å². The van der Waals surface area contributed by atoms with Crippen molar-refractivity contribution in [2.45, 2.75) is 24.9 Å². The number of ether oxygens (including phenoxy) is 1. The highest BCUT2D eigenvalue weighted by Gasteiger charge is 2.34. The van der Waals surface area contributed by atoms with Crippen LogP contribution in [0.4, 0.5) is 0 Å². The second kappa shape index (κ2) is 6.48. The first-order chi connectivity index (χ1) is 5.92. The van der Waals surface area contributed by atoms with Gasteiger partial charge in [-0.05, 0) is 0 Å². The van der Waals surface area contributed by atoms with E-state index in [-0.39, 0.29) is 18.7 Å². The minimum Gasteiger partial charge on any atom is -0.790 e. The molecule has 0 bridgehead atoms. The maximum absolute atomic E-state index is 10.1. The van der Waals surface area contributed by atoms with Crippen LogP contribution >= 0.6 is 7.82 Å². The van der Waals surface area contributed by atoms with Gasteiger partial charge in [-0.15, -0.1) is 0 Å². The SMILES string of the molecule is O=P([O-])([O-])OC1CC(O)C(CO)O1.[NH4+].[NH4+]. The fourth-order valence-electron chi connectivity index (χ4n) is 1.07. The highest BCUT2D eigenvalue weighted by atomic mass is 31.2. The van der Waals surface area contributed by atoms with E-state index in [1.165, 1.54) is 0 Å². The molecule has 94 valence electrons. The molecule has 10 heteroatoms. The predicted molar refractivity (Wildman–Crippen MR) is 47.0 cm³/mol. The average Bonchev–Trinajstić information content (AvgIpc) is 2.26. The van der Waals surface area contributed by atoms with Crippen LogP contribution in [0.15, 0.2) is 0 Å². The molecule has 10 N–H and O–H groups in total. The molecular formula is C5H17N2O7P. The number of aliphatic hydroxyl groups is 2. The summed E-state index contributed by atoms with van der Waals surface area (Å²) in [4.78, 5) is 20.2. The summed E-state index contributed by atoms with van der Waals surface area (Å²) in [5.74, 6) is 0. The van der Waals surface area contributed by atoms with E-state index in [0.29, 0.717) is 0 Å². The lowest BCUT2D eigenvalue weighted by Gasteiger charge is -2.31. The van der Waals surface area contributed by atoms with Crippen molar-refractivity contribution in [3.8, 4) is 0 Å². The molecule has 1 heterocycles. The fourth-order valence-corrected chi connectivity index (χ4v) is 1.49. The quantitative estimate of drug-likeness (QED) is 0.416. The summed E-state index contributed by atoms with van der Waals surface area (Å²) in [6.07, 6.45) is -3.33. The second-order valence-electron chi connectivity index (χ2n) is 2.64. The monoisotopic (exact) mass is 248 g/mol. The van der Waals surface area contributed by atoms with E-state index in [1.807, 2.05) is 0 Å². The Morgan fingerprint density at radius 2 is 2.00 bits per heavy atom. The molecule has 1 aliphatic heterocycles. The normalized spacial score (nSPS) is 30.5. The molecule has 0 aromatic carbocycles. The van der Waals surface area contributed by atoms with E-state index in [4.69, 9.17) is 14.9 Å². The van der Waals surface area contributed by atoms with Gasteiger partial charge < -0.3 is 46.1 Å². The Kier molecular flexibility index (Phi) is 7.48. The van der Waals surface area contributed by atoms with Gasteiger partial charge in [0.15, 0.2) is 6.29 Å². The van der Waals surface area contributed by atoms with Crippen LogP contribution in [0.2, 0.25) is 0 Å². The number of phosphoric ester groups is 1. The number of aliphatic hydroxyl groups excluding tert-OH is 2. The maximum atomic E-state index is 10.1. The van der Waals surface area contributed by atoms with Crippen molar-refractivity contribution in [3.05, 3.63) is 0 Å². The Morgan fingerprint density at radius 1 is 1.47 bits per heavy atom. The van der Waals surface area contributed by atoms with Gasteiger partial charge in [-0.3, -0.25) is 0 Å². The molecule has 0 saturated carbocycles. The van der Waals surface area contributed by atoms with Gasteiger partial charge in [0.25, 0.3) is 0 Å². The highest BCUT2D eigenvalue weighted by molar-refractivity contribution is 7.43. The summed E-state index contributed by atoms with van der Waals surface area (Å²) >= 11 is 0. The smallest absolute Gasteiger partial charge is 0.165 e. The standard InChI is InChI=1S/C5H11O7P.2H3N/c6-2-4-3(7)1-5(11-4)12-13(8,9)10;;/h3-7H,1-2H2,(H2,8,9,10);2*1H3.